The molecule has 1 aliphatic rings. The van der Waals surface area contributed by atoms with Gasteiger partial charge in [0.2, 0.25) is 15.9 Å². The minimum atomic E-state index is -3.24. The Kier molecular flexibility index (Phi) is 6.66. The molecule has 1 aliphatic heterocycles. The van der Waals surface area contributed by atoms with Crippen molar-refractivity contribution in [2.75, 3.05) is 19.3 Å². The van der Waals surface area contributed by atoms with Crippen LogP contribution in [0.2, 0.25) is 5.02 Å². The highest BCUT2D eigenvalue weighted by molar-refractivity contribution is 7.88. The number of piperidine rings is 1. The number of amides is 1. The Morgan fingerprint density at radius 3 is 2.79 bits per heavy atom. The van der Waals surface area contributed by atoms with Crippen LogP contribution in [-0.2, 0) is 21.2 Å². The molecule has 24 heavy (non-hydrogen) atoms. The van der Waals surface area contributed by atoms with Gasteiger partial charge in [-0.25, -0.2) is 13.1 Å². The van der Waals surface area contributed by atoms with Crippen LogP contribution in [0, 0.1) is 6.92 Å². The summed E-state index contributed by atoms with van der Waals surface area (Å²) in [4.78, 5) is 14.4. The van der Waals surface area contributed by atoms with Crippen LogP contribution in [-0.4, -0.2) is 44.6 Å². The monoisotopic (exact) mass is 372 g/mol. The van der Waals surface area contributed by atoms with E-state index in [1.54, 1.807) is 0 Å². The topological polar surface area (TPSA) is 66.5 Å². The van der Waals surface area contributed by atoms with Crippen molar-refractivity contribution >= 4 is 27.5 Å². The van der Waals surface area contributed by atoms with Crippen LogP contribution >= 0.6 is 11.6 Å². The highest BCUT2D eigenvalue weighted by Gasteiger charge is 2.26. The third kappa shape index (κ3) is 5.76. The second-order valence-electron chi connectivity index (χ2n) is 6.44. The molecule has 0 bridgehead atoms. The molecule has 1 fully saturated rings. The van der Waals surface area contributed by atoms with E-state index < -0.39 is 10.0 Å². The lowest BCUT2D eigenvalue weighted by Gasteiger charge is -2.36. The third-order valence-electron chi connectivity index (χ3n) is 4.39. The van der Waals surface area contributed by atoms with E-state index in [1.807, 2.05) is 30.0 Å². The summed E-state index contributed by atoms with van der Waals surface area (Å²) < 4.78 is 25.1. The van der Waals surface area contributed by atoms with Crippen LogP contribution < -0.4 is 4.72 Å². The van der Waals surface area contributed by atoms with Crippen molar-refractivity contribution in [3.8, 4) is 0 Å². The van der Waals surface area contributed by atoms with Crippen LogP contribution in [0.25, 0.3) is 0 Å². The molecule has 0 aromatic heterocycles. The Morgan fingerprint density at radius 2 is 2.12 bits per heavy atom. The lowest BCUT2D eigenvalue weighted by molar-refractivity contribution is -0.134. The van der Waals surface area contributed by atoms with Crippen LogP contribution in [0.3, 0.4) is 0 Å². The third-order valence-corrected chi connectivity index (χ3v) is 5.49. The van der Waals surface area contributed by atoms with Crippen LogP contribution in [0.15, 0.2) is 18.2 Å². The number of halogens is 1. The van der Waals surface area contributed by atoms with E-state index in [9.17, 15) is 13.2 Å². The van der Waals surface area contributed by atoms with Gasteiger partial charge in [-0.15, -0.1) is 0 Å². The van der Waals surface area contributed by atoms with Crippen molar-refractivity contribution in [1.29, 1.82) is 0 Å². The average Bonchev–Trinajstić information content (AvgIpc) is 2.53. The van der Waals surface area contributed by atoms with Crippen LogP contribution in [0.5, 0.6) is 0 Å². The van der Waals surface area contributed by atoms with Crippen molar-refractivity contribution in [2.45, 2.75) is 45.1 Å². The van der Waals surface area contributed by atoms with Gasteiger partial charge >= 0.3 is 0 Å². The molecule has 1 heterocycles. The minimum absolute atomic E-state index is 0.0532. The van der Waals surface area contributed by atoms with Gasteiger partial charge in [-0.1, -0.05) is 23.7 Å². The first-order valence-electron chi connectivity index (χ1n) is 8.25. The number of carbonyl (C=O) groups is 1. The first-order valence-corrected chi connectivity index (χ1v) is 10.5. The fourth-order valence-corrected chi connectivity index (χ4v) is 3.67. The first-order chi connectivity index (χ1) is 11.3. The zero-order valence-corrected chi connectivity index (χ0v) is 15.8. The number of aryl methyl sites for hydroxylation is 2. The number of nitrogens with one attached hydrogen (secondary N) is 1. The highest BCUT2D eigenvalue weighted by atomic mass is 35.5. The Hall–Kier alpha value is -1.11. The van der Waals surface area contributed by atoms with E-state index in [1.165, 1.54) is 0 Å². The molecule has 0 aliphatic carbocycles. The van der Waals surface area contributed by atoms with E-state index in [4.69, 9.17) is 11.6 Å². The Balaban J connectivity index is 1.94. The zero-order valence-electron chi connectivity index (χ0n) is 14.2. The number of carbonyl (C=O) groups excluding carboxylic acids is 1. The predicted molar refractivity (Wildman–Crippen MR) is 96.7 cm³/mol. The molecule has 0 unspecified atom stereocenters. The van der Waals surface area contributed by atoms with Crippen molar-refractivity contribution < 1.29 is 13.2 Å². The summed E-state index contributed by atoms with van der Waals surface area (Å²) in [6, 6.07) is 5.81. The summed E-state index contributed by atoms with van der Waals surface area (Å²) in [6.45, 7) is 2.94. The number of nitrogens with zero attached hydrogens (tertiary/aromatic N) is 1. The molecule has 134 valence electrons. The molecule has 1 aromatic rings. The molecule has 0 saturated carbocycles. The fraction of sp³-hybridized carbons (Fsp3) is 0.588. The molecule has 0 radical (unpaired) electrons. The van der Waals surface area contributed by atoms with E-state index in [2.05, 4.69) is 4.72 Å². The van der Waals surface area contributed by atoms with E-state index in [0.29, 0.717) is 31.0 Å². The van der Waals surface area contributed by atoms with Gasteiger partial charge in [0.05, 0.1) is 6.26 Å². The second kappa shape index (κ2) is 8.32. The number of sulfonamides is 1. The van der Waals surface area contributed by atoms with E-state index in [0.717, 1.165) is 36.6 Å². The molecule has 2 rings (SSSR count). The number of likely N-dealkylation sites (tertiary alicyclic amines) is 1. The first kappa shape index (κ1) is 19.2. The maximum absolute atomic E-state index is 12.6. The van der Waals surface area contributed by atoms with Gasteiger partial charge in [0.1, 0.15) is 0 Å². The molecule has 0 spiro atoms. The molecule has 1 atom stereocenters. The molecule has 1 N–H and O–H groups in total. The lowest BCUT2D eigenvalue weighted by atomic mass is 10.0. The maximum Gasteiger partial charge on any atom is 0.223 e. The normalized spacial score (nSPS) is 18.6. The van der Waals surface area contributed by atoms with Gasteiger partial charge in [0.25, 0.3) is 0 Å². The van der Waals surface area contributed by atoms with Gasteiger partial charge in [-0.3, -0.25) is 4.79 Å². The minimum Gasteiger partial charge on any atom is -0.338 e. The molecular formula is C17H25ClN2O3S. The maximum atomic E-state index is 12.6. The zero-order chi connectivity index (χ0) is 17.7. The molecule has 7 heteroatoms. The molecule has 1 saturated heterocycles. The number of hydrogen-bond donors (Lipinski definition) is 1. The quantitative estimate of drug-likeness (QED) is 0.834. The smallest absolute Gasteiger partial charge is 0.223 e. The van der Waals surface area contributed by atoms with Crippen molar-refractivity contribution in [3.05, 3.63) is 34.3 Å². The van der Waals surface area contributed by atoms with Crippen molar-refractivity contribution in [3.63, 3.8) is 0 Å². The summed E-state index contributed by atoms with van der Waals surface area (Å²) >= 11 is 6.12. The van der Waals surface area contributed by atoms with E-state index in [-0.39, 0.29) is 11.9 Å². The Labute approximate surface area is 149 Å². The van der Waals surface area contributed by atoms with Crippen molar-refractivity contribution in [1.82, 2.24) is 9.62 Å². The van der Waals surface area contributed by atoms with Crippen molar-refractivity contribution in [2.24, 2.45) is 0 Å². The van der Waals surface area contributed by atoms with E-state index >= 15 is 0 Å². The molecule has 1 aromatic carbocycles. The molecule has 5 nitrogen and oxygen atoms in total. The fourth-order valence-electron chi connectivity index (χ4n) is 2.98. The average molecular weight is 373 g/mol. The van der Waals surface area contributed by atoms with Crippen LogP contribution in [0.4, 0.5) is 0 Å². The van der Waals surface area contributed by atoms with Crippen LogP contribution in [0.1, 0.15) is 36.8 Å². The summed E-state index contributed by atoms with van der Waals surface area (Å²) in [7, 11) is -3.24. The summed E-state index contributed by atoms with van der Waals surface area (Å²) in [5.74, 6) is 0.0756. The standard InChI is InChI=1S/C17H25ClN2O3S/c1-13-6-7-14(11-16(13)18)8-9-17(21)20-10-4-3-5-15(20)12-19-24(2,22)23/h6-7,11,15,19H,3-5,8-10,12H2,1-2H3/t15-/m1/s1. The predicted octanol–water partition coefficient (Wildman–Crippen LogP) is 2.51. The Bertz CT molecular complexity index is 691. The molecular weight excluding hydrogens is 348 g/mol. The largest absolute Gasteiger partial charge is 0.338 e. The summed E-state index contributed by atoms with van der Waals surface area (Å²) in [6.07, 6.45) is 5.02. The van der Waals surface area contributed by atoms with Gasteiger partial charge in [0.15, 0.2) is 0 Å². The number of rotatable bonds is 6. The van der Waals surface area contributed by atoms with Gasteiger partial charge < -0.3 is 4.90 Å². The number of benzene rings is 1. The lowest BCUT2D eigenvalue weighted by Crippen LogP contribution is -2.49. The Morgan fingerprint density at radius 1 is 1.38 bits per heavy atom. The van der Waals surface area contributed by atoms with Gasteiger partial charge in [0, 0.05) is 30.6 Å². The van der Waals surface area contributed by atoms with Gasteiger partial charge in [-0.05, 0) is 49.8 Å². The second-order valence-corrected chi connectivity index (χ2v) is 8.68. The SMILES string of the molecule is Cc1ccc(CCC(=O)N2CCCC[C@@H]2CNS(C)(=O)=O)cc1Cl. The number of hydrogen-bond acceptors (Lipinski definition) is 3. The highest BCUT2D eigenvalue weighted by Crippen LogP contribution is 2.20. The molecule has 1 amide bonds. The summed E-state index contributed by atoms with van der Waals surface area (Å²) in [5.41, 5.74) is 2.07. The van der Waals surface area contributed by atoms with Gasteiger partial charge in [-0.2, -0.15) is 0 Å². The summed E-state index contributed by atoms with van der Waals surface area (Å²) in [5, 5.41) is 0.716.